The van der Waals surface area contributed by atoms with Gasteiger partial charge in [0.2, 0.25) is 0 Å². The molecule has 6 nitrogen and oxygen atoms in total. The van der Waals surface area contributed by atoms with Gasteiger partial charge in [0, 0.05) is 18.8 Å². The van der Waals surface area contributed by atoms with Crippen molar-refractivity contribution in [3.63, 3.8) is 0 Å². The van der Waals surface area contributed by atoms with Crippen LogP contribution in [0.15, 0.2) is 60.8 Å². The van der Waals surface area contributed by atoms with Crippen LogP contribution < -0.4 is 20.5 Å². The Morgan fingerprint density at radius 3 is 2.40 bits per heavy atom. The molecular weight excluding hydrogens is 406 g/mol. The highest BCUT2D eigenvalue weighted by atomic mass is 19.4. The summed E-state index contributed by atoms with van der Waals surface area (Å²) in [6, 6.07) is 12.4. The number of nitrogens with one attached hydrogen (secondary N) is 1. The Balaban J connectivity index is 1.59. The second-order valence-corrected chi connectivity index (χ2v) is 6.00. The molecule has 0 bridgehead atoms. The van der Waals surface area contributed by atoms with E-state index >= 15 is 0 Å². The average Bonchev–Trinajstić information content (AvgIpc) is 2.69. The molecule has 2 aromatic carbocycles. The molecule has 1 aromatic heterocycles. The first-order valence-corrected chi connectivity index (χ1v) is 8.52. The number of ether oxygens (including phenoxy) is 2. The predicted octanol–water partition coefficient (Wildman–Crippen LogP) is 4.42. The first kappa shape index (κ1) is 20.9. The van der Waals surface area contributed by atoms with E-state index in [1.807, 2.05) is 0 Å². The van der Waals surface area contributed by atoms with Crippen molar-refractivity contribution in [3.8, 4) is 17.2 Å². The number of nitrogens with zero attached hydrogens (tertiary/aromatic N) is 1. The maximum atomic E-state index is 13.7. The number of nitrogens with two attached hydrogens (primary N) is 1. The van der Waals surface area contributed by atoms with Gasteiger partial charge < -0.3 is 20.5 Å². The van der Waals surface area contributed by atoms with Crippen molar-refractivity contribution in [2.24, 2.45) is 0 Å². The van der Waals surface area contributed by atoms with Gasteiger partial charge in [0.05, 0.1) is 5.56 Å². The largest absolute Gasteiger partial charge is 0.573 e. The van der Waals surface area contributed by atoms with Crippen LogP contribution in [0.1, 0.15) is 15.9 Å². The fraction of sp³-hybridized carbons (Fsp3) is 0.100. The molecule has 0 aliphatic carbocycles. The molecule has 3 aromatic rings. The summed E-state index contributed by atoms with van der Waals surface area (Å²) in [5.41, 5.74) is 6.66. The highest BCUT2D eigenvalue weighted by Gasteiger charge is 2.32. The number of nitrogen functional groups attached to an aromatic ring is 1. The molecule has 156 valence electrons. The second-order valence-electron chi connectivity index (χ2n) is 6.00. The average molecular weight is 421 g/mol. The molecule has 3 rings (SSSR count). The Bertz CT molecular complexity index is 1040. The van der Waals surface area contributed by atoms with Gasteiger partial charge in [-0.2, -0.15) is 0 Å². The molecule has 0 saturated heterocycles. The molecule has 0 aliphatic heterocycles. The topological polar surface area (TPSA) is 86.5 Å². The number of anilines is 1. The summed E-state index contributed by atoms with van der Waals surface area (Å²) in [5, 5.41) is 2.70. The molecule has 1 heterocycles. The zero-order valence-electron chi connectivity index (χ0n) is 15.2. The van der Waals surface area contributed by atoms with E-state index in [2.05, 4.69) is 15.0 Å². The van der Waals surface area contributed by atoms with Crippen LogP contribution in [0.3, 0.4) is 0 Å². The van der Waals surface area contributed by atoms with Crippen molar-refractivity contribution in [1.29, 1.82) is 0 Å². The lowest BCUT2D eigenvalue weighted by Crippen LogP contribution is -2.24. The molecule has 1 amide bonds. The summed E-state index contributed by atoms with van der Waals surface area (Å²) in [4.78, 5) is 16.0. The number of carbonyl (C=O) groups is 1. The monoisotopic (exact) mass is 421 g/mol. The molecule has 30 heavy (non-hydrogen) atoms. The molecule has 0 unspecified atom stereocenters. The van der Waals surface area contributed by atoms with Gasteiger partial charge in [-0.25, -0.2) is 9.37 Å². The lowest BCUT2D eigenvalue weighted by molar-refractivity contribution is -0.275. The number of aromatic nitrogens is 1. The Labute approximate surface area is 168 Å². The fourth-order valence-electron chi connectivity index (χ4n) is 2.45. The molecule has 0 saturated carbocycles. The van der Waals surface area contributed by atoms with Crippen molar-refractivity contribution in [1.82, 2.24) is 10.3 Å². The van der Waals surface area contributed by atoms with Crippen molar-refractivity contribution >= 4 is 11.7 Å². The zero-order chi connectivity index (χ0) is 21.7. The van der Waals surface area contributed by atoms with Crippen molar-refractivity contribution in [2.75, 3.05) is 5.73 Å². The van der Waals surface area contributed by atoms with Crippen molar-refractivity contribution < 1.29 is 31.8 Å². The van der Waals surface area contributed by atoms with Crippen molar-refractivity contribution in [2.45, 2.75) is 12.9 Å². The van der Waals surface area contributed by atoms with Crippen LogP contribution >= 0.6 is 0 Å². The molecule has 10 heteroatoms. The third-order valence-electron chi connectivity index (χ3n) is 3.82. The predicted molar refractivity (Wildman–Crippen MR) is 99.4 cm³/mol. The van der Waals surface area contributed by atoms with Crippen LogP contribution in [0.5, 0.6) is 17.2 Å². The molecule has 0 atom stereocenters. The lowest BCUT2D eigenvalue weighted by atomic mass is 10.2. The van der Waals surface area contributed by atoms with E-state index in [9.17, 15) is 22.4 Å². The summed E-state index contributed by atoms with van der Waals surface area (Å²) in [6.07, 6.45) is -3.51. The van der Waals surface area contributed by atoms with Gasteiger partial charge in [-0.15, -0.1) is 13.2 Å². The highest BCUT2D eigenvalue weighted by molar-refractivity contribution is 5.98. The molecular formula is C20H15F4N3O3. The molecule has 0 radical (unpaired) electrons. The number of alkyl halides is 3. The van der Waals surface area contributed by atoms with Gasteiger partial charge >= 0.3 is 6.36 Å². The van der Waals surface area contributed by atoms with Gasteiger partial charge in [-0.1, -0.05) is 12.1 Å². The summed E-state index contributed by atoms with van der Waals surface area (Å²) in [6.45, 7) is 0.214. The van der Waals surface area contributed by atoms with Crippen LogP contribution in [-0.2, 0) is 6.54 Å². The number of benzene rings is 2. The normalized spacial score (nSPS) is 11.1. The number of halogens is 4. The molecule has 3 N–H and O–H groups in total. The van der Waals surface area contributed by atoms with Crippen LogP contribution in [0, 0.1) is 5.82 Å². The number of carbonyl (C=O) groups excluding carboxylic acids is 1. The number of hydrogen-bond acceptors (Lipinski definition) is 5. The second kappa shape index (κ2) is 8.68. The molecule has 0 fully saturated rings. The number of amides is 1. The van der Waals surface area contributed by atoms with E-state index in [-0.39, 0.29) is 29.6 Å². The van der Waals surface area contributed by atoms with Gasteiger partial charge in [-0.05, 0) is 42.0 Å². The zero-order valence-corrected chi connectivity index (χ0v) is 15.2. The van der Waals surface area contributed by atoms with Gasteiger partial charge in [0.1, 0.15) is 17.3 Å². The summed E-state index contributed by atoms with van der Waals surface area (Å²) >= 11 is 0. The first-order chi connectivity index (χ1) is 14.2. The van der Waals surface area contributed by atoms with E-state index in [0.29, 0.717) is 5.75 Å². The van der Waals surface area contributed by atoms with Gasteiger partial charge in [0.15, 0.2) is 11.6 Å². The molecule has 0 aliphatic rings. The smallest absolute Gasteiger partial charge is 0.457 e. The number of hydrogen-bond donors (Lipinski definition) is 2. The Kier molecular flexibility index (Phi) is 6.05. The summed E-state index contributed by atoms with van der Waals surface area (Å²) in [7, 11) is 0. The van der Waals surface area contributed by atoms with Crippen LogP contribution in [0.2, 0.25) is 0 Å². The number of pyridine rings is 1. The first-order valence-electron chi connectivity index (χ1n) is 8.52. The van der Waals surface area contributed by atoms with Crippen LogP contribution in [-0.4, -0.2) is 17.3 Å². The Hall–Kier alpha value is -3.82. The maximum absolute atomic E-state index is 13.7. The standard InChI is InChI=1S/C20H15F4N3O3/c21-16-10-14(7-8-17(16)30-20(22,23)24)29-13-5-3-12(4-6-13)11-27-19(28)15-2-1-9-26-18(15)25/h1-10H,11H2,(H2,25,26)(H,27,28). The van der Waals surface area contributed by atoms with Gasteiger partial charge in [0.25, 0.3) is 5.91 Å². The van der Waals surface area contributed by atoms with E-state index < -0.39 is 17.9 Å². The minimum absolute atomic E-state index is 0.00451. The van der Waals surface area contributed by atoms with Crippen LogP contribution in [0.25, 0.3) is 0 Å². The van der Waals surface area contributed by atoms with Crippen LogP contribution in [0.4, 0.5) is 23.4 Å². The minimum atomic E-state index is -4.99. The molecule has 0 spiro atoms. The Morgan fingerprint density at radius 2 is 1.77 bits per heavy atom. The quantitative estimate of drug-likeness (QED) is 0.576. The van der Waals surface area contributed by atoms with E-state index in [0.717, 1.165) is 23.8 Å². The lowest BCUT2D eigenvalue weighted by Gasteiger charge is -2.11. The third kappa shape index (κ3) is 5.60. The fourth-order valence-corrected chi connectivity index (χ4v) is 2.45. The minimum Gasteiger partial charge on any atom is -0.457 e. The SMILES string of the molecule is Nc1ncccc1C(=O)NCc1ccc(Oc2ccc(OC(F)(F)F)c(F)c2)cc1. The maximum Gasteiger partial charge on any atom is 0.573 e. The van der Waals surface area contributed by atoms with E-state index in [1.54, 1.807) is 36.4 Å². The van der Waals surface area contributed by atoms with Gasteiger partial charge in [-0.3, -0.25) is 4.79 Å². The van der Waals surface area contributed by atoms with Crippen molar-refractivity contribution in [3.05, 3.63) is 77.7 Å². The summed E-state index contributed by atoms with van der Waals surface area (Å²) in [5.74, 6) is -2.09. The number of rotatable bonds is 6. The highest BCUT2D eigenvalue weighted by Crippen LogP contribution is 2.30. The Morgan fingerprint density at radius 1 is 1.07 bits per heavy atom. The summed E-state index contributed by atoms with van der Waals surface area (Å²) < 4.78 is 59.3. The third-order valence-corrected chi connectivity index (χ3v) is 3.82. The van der Waals surface area contributed by atoms with E-state index in [4.69, 9.17) is 10.5 Å². The van der Waals surface area contributed by atoms with E-state index in [1.165, 1.54) is 6.20 Å².